The largest absolute Gasteiger partial charge is 0.377 e. The maximum Gasteiger partial charge on any atom is 0.224 e. The molecule has 1 aromatic rings. The highest BCUT2D eigenvalue weighted by atomic mass is 35.5. The van der Waals surface area contributed by atoms with Crippen molar-refractivity contribution in [2.75, 3.05) is 30.9 Å². The normalized spacial score (nSPS) is 26.0. The minimum atomic E-state index is -2.71. The first-order valence-corrected chi connectivity index (χ1v) is 9.31. The first-order valence-electron chi connectivity index (χ1n) is 6.96. The van der Waals surface area contributed by atoms with Crippen molar-refractivity contribution in [1.29, 1.82) is 4.78 Å². The molecule has 1 unspecified atom stereocenters. The van der Waals surface area contributed by atoms with E-state index in [1.807, 2.05) is 6.07 Å². The second-order valence-corrected chi connectivity index (χ2v) is 8.64. The Bertz CT molecular complexity index is 664. The topological polar surface area (TPSA) is 79.2 Å². The molecule has 1 aromatic heterocycles. The maximum atomic E-state index is 12.3. The molecule has 1 saturated carbocycles. The summed E-state index contributed by atoms with van der Waals surface area (Å²) in [5.74, 6) is 0.732. The van der Waals surface area contributed by atoms with Crippen molar-refractivity contribution in [1.82, 2.24) is 9.97 Å². The summed E-state index contributed by atoms with van der Waals surface area (Å²) in [4.78, 5) is 10.7. The predicted molar refractivity (Wildman–Crippen MR) is 89.6 cm³/mol. The molecule has 2 aliphatic rings. The number of ether oxygens (including phenoxy) is 1. The van der Waals surface area contributed by atoms with Crippen molar-refractivity contribution in [3.63, 3.8) is 0 Å². The number of morpholine rings is 1. The summed E-state index contributed by atoms with van der Waals surface area (Å²) < 4.78 is 25.0. The van der Waals surface area contributed by atoms with Crippen LogP contribution < -0.4 is 4.90 Å². The quantitative estimate of drug-likeness (QED) is 0.831. The maximum absolute atomic E-state index is 12.3. The Labute approximate surface area is 142 Å². The molecule has 0 spiro atoms. The molecule has 2 fully saturated rings. The van der Waals surface area contributed by atoms with Crippen molar-refractivity contribution in [2.45, 2.75) is 30.6 Å². The van der Waals surface area contributed by atoms with E-state index in [0.29, 0.717) is 18.9 Å². The van der Waals surface area contributed by atoms with Crippen LogP contribution in [0.1, 0.15) is 25.5 Å². The van der Waals surface area contributed by atoms with Gasteiger partial charge in [0.25, 0.3) is 0 Å². The molecule has 6 nitrogen and oxygen atoms in total. The Morgan fingerprint density at radius 2 is 2.18 bits per heavy atom. The van der Waals surface area contributed by atoms with Gasteiger partial charge >= 0.3 is 0 Å². The SMILES string of the molecule is C[C@@H]1COCCN1c1cc(C2(S(C)(=N)=O)CC2)nc(Cl)n1.Cl. The van der Waals surface area contributed by atoms with Gasteiger partial charge in [0.15, 0.2) is 0 Å². The second-order valence-electron chi connectivity index (χ2n) is 5.84. The van der Waals surface area contributed by atoms with Crippen LogP contribution in [0.4, 0.5) is 5.82 Å². The number of halogens is 2. The van der Waals surface area contributed by atoms with Crippen LogP contribution >= 0.6 is 24.0 Å². The number of nitrogens with zero attached hydrogens (tertiary/aromatic N) is 3. The minimum Gasteiger partial charge on any atom is -0.377 e. The van der Waals surface area contributed by atoms with Gasteiger partial charge in [-0.05, 0) is 31.4 Å². The predicted octanol–water partition coefficient (Wildman–Crippen LogP) is 2.44. The standard InChI is InChI=1S/C13H19ClN4O2S.ClH/c1-9-8-20-6-5-18(9)11-7-10(16-12(14)17-11)13(3-4-13)21(2,15)19;/h7,9,15H,3-6,8H2,1-2H3;1H/t9-,21?;/m1./s1. The van der Waals surface area contributed by atoms with Gasteiger partial charge in [-0.15, -0.1) is 12.4 Å². The average molecular weight is 367 g/mol. The molecule has 1 N–H and O–H groups in total. The van der Waals surface area contributed by atoms with Crippen molar-refractivity contribution in [3.8, 4) is 0 Å². The molecule has 124 valence electrons. The van der Waals surface area contributed by atoms with Gasteiger partial charge in [0.1, 0.15) is 5.82 Å². The van der Waals surface area contributed by atoms with Crippen LogP contribution in [-0.2, 0) is 19.2 Å². The van der Waals surface area contributed by atoms with E-state index in [1.165, 1.54) is 6.26 Å². The number of anilines is 1. The summed E-state index contributed by atoms with van der Waals surface area (Å²) in [6.07, 6.45) is 2.92. The van der Waals surface area contributed by atoms with E-state index in [2.05, 4.69) is 21.8 Å². The number of hydrogen-bond donors (Lipinski definition) is 1. The third-order valence-electron chi connectivity index (χ3n) is 4.26. The molecule has 2 heterocycles. The van der Waals surface area contributed by atoms with Crippen LogP contribution in [0.15, 0.2) is 6.07 Å². The van der Waals surface area contributed by atoms with Crippen molar-refractivity contribution >= 4 is 39.6 Å². The van der Waals surface area contributed by atoms with E-state index in [1.54, 1.807) is 0 Å². The van der Waals surface area contributed by atoms with Crippen LogP contribution in [0.5, 0.6) is 0 Å². The molecular weight excluding hydrogens is 347 g/mol. The van der Waals surface area contributed by atoms with E-state index >= 15 is 0 Å². The van der Waals surface area contributed by atoms with Crippen LogP contribution in [0.3, 0.4) is 0 Å². The zero-order chi connectivity index (χ0) is 15.3. The fraction of sp³-hybridized carbons (Fsp3) is 0.692. The third-order valence-corrected chi connectivity index (χ3v) is 6.54. The van der Waals surface area contributed by atoms with Gasteiger partial charge in [-0.2, -0.15) is 0 Å². The monoisotopic (exact) mass is 366 g/mol. The molecule has 1 aliphatic carbocycles. The first-order chi connectivity index (χ1) is 9.83. The highest BCUT2D eigenvalue weighted by Crippen LogP contribution is 2.52. The lowest BCUT2D eigenvalue weighted by Crippen LogP contribution is -2.44. The number of rotatable bonds is 3. The molecular formula is C13H20Cl2N4O2S. The zero-order valence-electron chi connectivity index (χ0n) is 12.5. The molecule has 2 atom stereocenters. The number of nitrogens with one attached hydrogen (secondary N) is 1. The highest BCUT2D eigenvalue weighted by molar-refractivity contribution is 7.92. The molecule has 0 radical (unpaired) electrons. The van der Waals surface area contributed by atoms with Gasteiger partial charge in [0, 0.05) is 18.9 Å². The van der Waals surface area contributed by atoms with Gasteiger partial charge in [-0.1, -0.05) is 0 Å². The minimum absolute atomic E-state index is 0. The molecule has 3 rings (SSSR count). The Balaban J connectivity index is 0.00000176. The second kappa shape index (κ2) is 6.11. The summed E-state index contributed by atoms with van der Waals surface area (Å²) in [5.41, 5.74) is 0.638. The Morgan fingerprint density at radius 1 is 1.50 bits per heavy atom. The highest BCUT2D eigenvalue weighted by Gasteiger charge is 2.53. The Hall–Kier alpha value is -0.630. The smallest absolute Gasteiger partial charge is 0.224 e. The summed E-state index contributed by atoms with van der Waals surface area (Å²) in [6, 6.07) is 2.05. The van der Waals surface area contributed by atoms with Crippen molar-refractivity contribution in [3.05, 3.63) is 17.0 Å². The van der Waals surface area contributed by atoms with Crippen molar-refractivity contribution < 1.29 is 8.95 Å². The fourth-order valence-electron chi connectivity index (χ4n) is 2.81. The average Bonchev–Trinajstić information content (AvgIpc) is 3.19. The van der Waals surface area contributed by atoms with E-state index in [-0.39, 0.29) is 23.7 Å². The van der Waals surface area contributed by atoms with Crippen molar-refractivity contribution in [2.24, 2.45) is 0 Å². The molecule has 9 heteroatoms. The van der Waals surface area contributed by atoms with E-state index in [0.717, 1.165) is 25.2 Å². The molecule has 1 aliphatic heterocycles. The van der Waals surface area contributed by atoms with Gasteiger partial charge in [-0.25, -0.2) is 14.2 Å². The van der Waals surface area contributed by atoms with E-state index in [9.17, 15) is 4.21 Å². The molecule has 0 aromatic carbocycles. The lowest BCUT2D eigenvalue weighted by atomic mass is 10.2. The lowest BCUT2D eigenvalue weighted by Gasteiger charge is -2.34. The molecule has 0 bridgehead atoms. The molecule has 22 heavy (non-hydrogen) atoms. The summed E-state index contributed by atoms with van der Waals surface area (Å²) in [7, 11) is -2.71. The fourth-order valence-corrected chi connectivity index (χ4v) is 4.37. The van der Waals surface area contributed by atoms with E-state index < -0.39 is 14.5 Å². The summed E-state index contributed by atoms with van der Waals surface area (Å²) in [5, 5.41) is 0.149. The zero-order valence-corrected chi connectivity index (χ0v) is 14.9. The van der Waals surface area contributed by atoms with Crippen LogP contribution in [-0.4, -0.2) is 46.2 Å². The Morgan fingerprint density at radius 3 is 2.73 bits per heavy atom. The van der Waals surface area contributed by atoms with Gasteiger partial charge < -0.3 is 9.64 Å². The lowest BCUT2D eigenvalue weighted by molar-refractivity contribution is 0.0985. The molecule has 1 saturated heterocycles. The van der Waals surface area contributed by atoms with Crippen LogP contribution in [0, 0.1) is 4.78 Å². The van der Waals surface area contributed by atoms with Gasteiger partial charge in [0.2, 0.25) is 5.28 Å². The van der Waals surface area contributed by atoms with Gasteiger partial charge in [0.05, 0.1) is 39.4 Å². The number of aromatic nitrogens is 2. The summed E-state index contributed by atoms with van der Waals surface area (Å²) in [6.45, 7) is 4.10. The van der Waals surface area contributed by atoms with E-state index in [4.69, 9.17) is 21.1 Å². The summed E-state index contributed by atoms with van der Waals surface area (Å²) >= 11 is 6.07. The molecule has 0 amide bonds. The number of hydrogen-bond acceptors (Lipinski definition) is 6. The van der Waals surface area contributed by atoms with Crippen LogP contribution in [0.2, 0.25) is 5.28 Å². The van der Waals surface area contributed by atoms with Gasteiger partial charge in [-0.3, -0.25) is 4.78 Å². The van der Waals surface area contributed by atoms with Crippen LogP contribution in [0.25, 0.3) is 0 Å². The first kappa shape index (κ1) is 17.7. The third kappa shape index (κ3) is 3.04. The Kier molecular flexibility index (Phi) is 4.92.